The van der Waals surface area contributed by atoms with Crippen LogP contribution in [0.15, 0.2) is 18.2 Å². The predicted molar refractivity (Wildman–Crippen MR) is 50.9 cm³/mol. The number of halogens is 2. The van der Waals surface area contributed by atoms with Crippen LogP contribution in [0.3, 0.4) is 0 Å². The highest BCUT2D eigenvalue weighted by molar-refractivity contribution is 6.33. The topological polar surface area (TPSA) is 43.1 Å². The summed E-state index contributed by atoms with van der Waals surface area (Å²) in [7, 11) is 0. The molecular weight excluding hydrogens is 197 g/mol. The first kappa shape index (κ1) is 9.36. The molecule has 0 radical (unpaired) electrons. The second kappa shape index (κ2) is 3.78. The number of alkyl halides is 1. The molecule has 0 heterocycles. The molecule has 2 N–H and O–H groups in total. The fraction of sp³-hybridized carbons (Fsp3) is 0.125. The molecule has 12 heavy (non-hydrogen) atoms. The number of benzene rings is 1. The summed E-state index contributed by atoms with van der Waals surface area (Å²) in [6.07, 6.45) is 0. The van der Waals surface area contributed by atoms with Gasteiger partial charge >= 0.3 is 0 Å². The molecule has 0 fully saturated rings. The van der Waals surface area contributed by atoms with Crippen molar-refractivity contribution in [1.82, 2.24) is 0 Å². The van der Waals surface area contributed by atoms with Crippen LogP contribution >= 0.6 is 23.2 Å². The molecule has 0 aliphatic rings. The summed E-state index contributed by atoms with van der Waals surface area (Å²) in [5, 5.41) is 0.448. The van der Waals surface area contributed by atoms with Crippen LogP contribution < -0.4 is 5.73 Å². The van der Waals surface area contributed by atoms with E-state index >= 15 is 0 Å². The summed E-state index contributed by atoms with van der Waals surface area (Å²) in [4.78, 5) is 11.1. The van der Waals surface area contributed by atoms with Crippen molar-refractivity contribution >= 4 is 34.7 Å². The Balaban J connectivity index is 3.08. The Labute approximate surface area is 80.3 Å². The molecule has 64 valence electrons. The van der Waals surface area contributed by atoms with E-state index in [1.807, 2.05) is 0 Å². The summed E-state index contributed by atoms with van der Waals surface area (Å²) in [6.45, 7) is 0. The van der Waals surface area contributed by atoms with Crippen molar-refractivity contribution in [3.63, 3.8) is 0 Å². The lowest BCUT2D eigenvalue weighted by atomic mass is 10.1. The van der Waals surface area contributed by atoms with Crippen LogP contribution in [-0.2, 0) is 0 Å². The van der Waals surface area contributed by atoms with Gasteiger partial charge in [-0.05, 0) is 18.2 Å². The smallest absolute Gasteiger partial charge is 0.177 e. The number of carbonyl (C=O) groups is 1. The van der Waals surface area contributed by atoms with Crippen molar-refractivity contribution in [1.29, 1.82) is 0 Å². The van der Waals surface area contributed by atoms with Gasteiger partial charge in [0.05, 0.1) is 5.88 Å². The third-order valence-electron chi connectivity index (χ3n) is 1.36. The molecule has 0 atom stereocenters. The second-order valence-corrected chi connectivity index (χ2v) is 3.03. The normalized spacial score (nSPS) is 9.83. The lowest BCUT2D eigenvalue weighted by Crippen LogP contribution is -2.01. The molecule has 0 amide bonds. The van der Waals surface area contributed by atoms with Gasteiger partial charge in [-0.15, -0.1) is 11.6 Å². The van der Waals surface area contributed by atoms with Gasteiger partial charge in [-0.2, -0.15) is 0 Å². The highest BCUT2D eigenvalue weighted by Crippen LogP contribution is 2.17. The number of hydrogen-bond donors (Lipinski definition) is 1. The largest absolute Gasteiger partial charge is 0.399 e. The Morgan fingerprint density at radius 1 is 1.42 bits per heavy atom. The summed E-state index contributed by atoms with van der Waals surface area (Å²) in [5.41, 5.74) is 6.39. The highest BCUT2D eigenvalue weighted by atomic mass is 35.5. The SMILES string of the molecule is Nc1cc(Cl)cc(C(=O)CCl)c1. The van der Waals surface area contributed by atoms with E-state index in [4.69, 9.17) is 28.9 Å². The van der Waals surface area contributed by atoms with Crippen molar-refractivity contribution in [2.75, 3.05) is 11.6 Å². The Morgan fingerprint density at radius 2 is 2.08 bits per heavy atom. The first-order valence-electron chi connectivity index (χ1n) is 3.28. The van der Waals surface area contributed by atoms with Crippen LogP contribution in [0.5, 0.6) is 0 Å². The van der Waals surface area contributed by atoms with Gasteiger partial charge in [0.1, 0.15) is 0 Å². The number of carbonyl (C=O) groups excluding carboxylic acids is 1. The molecule has 0 aliphatic heterocycles. The maximum Gasteiger partial charge on any atom is 0.177 e. The number of nitrogen functional groups attached to an aromatic ring is 1. The second-order valence-electron chi connectivity index (χ2n) is 2.33. The van der Waals surface area contributed by atoms with Crippen LogP contribution in [0, 0.1) is 0 Å². The van der Waals surface area contributed by atoms with Crippen LogP contribution in [0.2, 0.25) is 5.02 Å². The molecule has 0 aliphatic carbocycles. The van der Waals surface area contributed by atoms with Gasteiger partial charge in [0.15, 0.2) is 5.78 Å². The molecule has 1 aromatic carbocycles. The average molecular weight is 204 g/mol. The molecule has 2 nitrogen and oxygen atoms in total. The zero-order valence-electron chi connectivity index (χ0n) is 6.18. The third-order valence-corrected chi connectivity index (χ3v) is 1.82. The molecular formula is C8H7Cl2NO. The number of ketones is 1. The fourth-order valence-electron chi connectivity index (χ4n) is 0.850. The predicted octanol–water partition coefficient (Wildman–Crippen LogP) is 2.34. The number of nitrogens with two attached hydrogens (primary N) is 1. The minimum atomic E-state index is -0.175. The van der Waals surface area contributed by atoms with Gasteiger partial charge in [0, 0.05) is 16.3 Å². The van der Waals surface area contributed by atoms with Crippen LogP contribution in [-0.4, -0.2) is 11.7 Å². The summed E-state index contributed by atoms with van der Waals surface area (Å²) in [5.74, 6) is -0.231. The van der Waals surface area contributed by atoms with E-state index < -0.39 is 0 Å². The van der Waals surface area contributed by atoms with Crippen LogP contribution in [0.1, 0.15) is 10.4 Å². The molecule has 4 heteroatoms. The standard InChI is InChI=1S/C8H7Cl2NO/c9-4-8(12)5-1-6(10)3-7(11)2-5/h1-3H,4,11H2. The third kappa shape index (κ3) is 2.13. The lowest BCUT2D eigenvalue weighted by molar-refractivity contribution is 0.102. The van der Waals surface area contributed by atoms with Gasteiger partial charge in [-0.3, -0.25) is 4.79 Å². The lowest BCUT2D eigenvalue weighted by Gasteiger charge is -1.99. The van der Waals surface area contributed by atoms with Crippen molar-refractivity contribution < 1.29 is 4.79 Å². The van der Waals surface area contributed by atoms with Crippen LogP contribution in [0.4, 0.5) is 5.69 Å². The van der Waals surface area contributed by atoms with E-state index in [9.17, 15) is 4.79 Å². The number of Topliss-reactive ketones (excluding diaryl/α,β-unsaturated/α-hetero) is 1. The number of rotatable bonds is 2. The van der Waals surface area contributed by atoms with Gasteiger partial charge in [0.2, 0.25) is 0 Å². The fourth-order valence-corrected chi connectivity index (χ4v) is 1.25. The van der Waals surface area contributed by atoms with E-state index in [2.05, 4.69) is 0 Å². The molecule has 0 spiro atoms. The molecule has 0 saturated carbocycles. The molecule has 0 unspecified atom stereocenters. The monoisotopic (exact) mass is 203 g/mol. The Hall–Kier alpha value is -0.730. The van der Waals surface area contributed by atoms with Crippen LogP contribution in [0.25, 0.3) is 0 Å². The minimum Gasteiger partial charge on any atom is -0.399 e. The van der Waals surface area contributed by atoms with Crippen molar-refractivity contribution in [3.8, 4) is 0 Å². The molecule has 0 aromatic heterocycles. The Kier molecular flexibility index (Phi) is 2.95. The van der Waals surface area contributed by atoms with Gasteiger partial charge < -0.3 is 5.73 Å². The highest BCUT2D eigenvalue weighted by Gasteiger charge is 2.05. The van der Waals surface area contributed by atoms with E-state index in [-0.39, 0.29) is 11.7 Å². The maximum absolute atomic E-state index is 11.1. The molecule has 0 saturated heterocycles. The summed E-state index contributed by atoms with van der Waals surface area (Å²) in [6, 6.07) is 4.67. The minimum absolute atomic E-state index is 0.0558. The maximum atomic E-state index is 11.1. The van der Waals surface area contributed by atoms with Crippen molar-refractivity contribution in [2.45, 2.75) is 0 Å². The summed E-state index contributed by atoms with van der Waals surface area (Å²) < 4.78 is 0. The first-order valence-corrected chi connectivity index (χ1v) is 4.20. The Morgan fingerprint density at radius 3 is 2.58 bits per heavy atom. The Bertz CT molecular complexity index is 292. The molecule has 0 bridgehead atoms. The molecule has 1 aromatic rings. The van der Waals surface area contributed by atoms with Gasteiger partial charge in [-0.1, -0.05) is 11.6 Å². The average Bonchev–Trinajstić information content (AvgIpc) is 2.01. The van der Waals surface area contributed by atoms with Gasteiger partial charge in [0.25, 0.3) is 0 Å². The zero-order chi connectivity index (χ0) is 9.14. The number of anilines is 1. The quantitative estimate of drug-likeness (QED) is 0.456. The van der Waals surface area contributed by atoms with E-state index in [1.165, 1.54) is 0 Å². The van der Waals surface area contributed by atoms with Crippen molar-refractivity contribution in [3.05, 3.63) is 28.8 Å². The first-order chi connectivity index (χ1) is 5.63. The van der Waals surface area contributed by atoms with Gasteiger partial charge in [-0.25, -0.2) is 0 Å². The van der Waals surface area contributed by atoms with E-state index in [1.54, 1.807) is 18.2 Å². The molecule has 1 rings (SSSR count). The zero-order valence-corrected chi connectivity index (χ0v) is 7.69. The number of hydrogen-bond acceptors (Lipinski definition) is 2. The van der Waals surface area contributed by atoms with Crippen molar-refractivity contribution in [2.24, 2.45) is 0 Å². The summed E-state index contributed by atoms with van der Waals surface area (Å²) >= 11 is 11.0. The van der Waals surface area contributed by atoms with E-state index in [0.29, 0.717) is 16.3 Å². The van der Waals surface area contributed by atoms with E-state index in [0.717, 1.165) is 0 Å².